The van der Waals surface area contributed by atoms with Gasteiger partial charge in [0.25, 0.3) is 0 Å². The molecule has 3 heteroatoms. The van der Waals surface area contributed by atoms with Crippen LogP contribution in [0, 0.1) is 5.41 Å². The van der Waals surface area contributed by atoms with Gasteiger partial charge in [-0.25, -0.2) is 0 Å². The first-order valence-electron chi connectivity index (χ1n) is 8.37. The van der Waals surface area contributed by atoms with Crippen LogP contribution in [0.3, 0.4) is 0 Å². The molecule has 1 saturated carbocycles. The Kier molecular flexibility index (Phi) is 4.90. The van der Waals surface area contributed by atoms with E-state index < -0.39 is 0 Å². The average Bonchev–Trinajstić information content (AvgIpc) is 2.90. The van der Waals surface area contributed by atoms with Gasteiger partial charge >= 0.3 is 0 Å². The third-order valence-electron chi connectivity index (χ3n) is 5.24. The molecule has 21 heavy (non-hydrogen) atoms. The first-order valence-corrected chi connectivity index (χ1v) is 9.16. The molecule has 1 aromatic rings. The van der Waals surface area contributed by atoms with Crippen LogP contribution < -0.4 is 10.5 Å². The Morgan fingerprint density at radius 2 is 1.81 bits per heavy atom. The van der Waals surface area contributed by atoms with Crippen molar-refractivity contribution in [2.45, 2.75) is 57.8 Å². The van der Waals surface area contributed by atoms with Crippen molar-refractivity contribution in [1.29, 1.82) is 0 Å². The molecule has 0 saturated heterocycles. The summed E-state index contributed by atoms with van der Waals surface area (Å²) in [7, 11) is 0. The number of nitrogens with two attached hydrogens (primary N) is 1. The van der Waals surface area contributed by atoms with E-state index >= 15 is 0 Å². The van der Waals surface area contributed by atoms with Gasteiger partial charge in [-0.2, -0.15) is 0 Å². The fourth-order valence-corrected chi connectivity index (χ4v) is 4.54. The molecule has 1 aliphatic carbocycles. The number of fused-ring (bicyclic) bond motifs is 1. The lowest BCUT2D eigenvalue weighted by Gasteiger charge is -2.35. The minimum absolute atomic E-state index is 0.279. The van der Waals surface area contributed by atoms with Crippen LogP contribution in [0.25, 0.3) is 0 Å². The van der Waals surface area contributed by atoms with Crippen molar-refractivity contribution in [3.63, 3.8) is 0 Å². The Hall–Kier alpha value is -0.540. The summed E-state index contributed by atoms with van der Waals surface area (Å²) < 4.78 is 7.09. The van der Waals surface area contributed by atoms with Gasteiger partial charge in [-0.1, -0.05) is 48.0 Å². The molecule has 2 N–H and O–H groups in total. The van der Waals surface area contributed by atoms with Crippen LogP contribution in [0.2, 0.25) is 0 Å². The van der Waals surface area contributed by atoms with E-state index in [1.54, 1.807) is 0 Å². The summed E-state index contributed by atoms with van der Waals surface area (Å²) in [4.78, 5) is 0. The highest BCUT2D eigenvalue weighted by atomic mass is 79.9. The Bertz CT molecular complexity index is 492. The SMILES string of the molecule is NCC1(Cc2cc(Br)cc3c2OCC3)CCCCCCC1. The molecule has 2 aliphatic rings. The first kappa shape index (κ1) is 15.4. The Morgan fingerprint density at radius 1 is 1.10 bits per heavy atom. The van der Waals surface area contributed by atoms with Crippen LogP contribution in [0.1, 0.15) is 56.1 Å². The summed E-state index contributed by atoms with van der Waals surface area (Å²) >= 11 is 3.66. The van der Waals surface area contributed by atoms with Gasteiger partial charge in [-0.3, -0.25) is 0 Å². The zero-order valence-electron chi connectivity index (χ0n) is 12.8. The van der Waals surface area contributed by atoms with E-state index in [0.717, 1.165) is 31.7 Å². The second-order valence-electron chi connectivity index (χ2n) is 6.80. The fourth-order valence-electron chi connectivity index (χ4n) is 3.99. The number of hydrogen-bond donors (Lipinski definition) is 1. The van der Waals surface area contributed by atoms with Crippen LogP contribution >= 0.6 is 15.9 Å². The lowest BCUT2D eigenvalue weighted by atomic mass is 9.72. The predicted octanol–water partition coefficient (Wildman–Crippen LogP) is 4.62. The van der Waals surface area contributed by atoms with E-state index in [9.17, 15) is 0 Å². The van der Waals surface area contributed by atoms with Crippen molar-refractivity contribution in [3.05, 3.63) is 27.7 Å². The molecule has 0 radical (unpaired) electrons. The minimum atomic E-state index is 0.279. The summed E-state index contributed by atoms with van der Waals surface area (Å²) in [6, 6.07) is 4.46. The molecule has 0 unspecified atom stereocenters. The second-order valence-corrected chi connectivity index (χ2v) is 7.72. The molecule has 0 aromatic heterocycles. The van der Waals surface area contributed by atoms with Crippen molar-refractivity contribution in [2.24, 2.45) is 11.1 Å². The zero-order chi connectivity index (χ0) is 14.7. The maximum Gasteiger partial charge on any atom is 0.125 e. The Labute approximate surface area is 136 Å². The van der Waals surface area contributed by atoms with E-state index in [1.165, 1.54) is 60.5 Å². The lowest BCUT2D eigenvalue weighted by Crippen LogP contribution is -2.33. The summed E-state index contributed by atoms with van der Waals surface area (Å²) in [6.45, 7) is 1.63. The van der Waals surface area contributed by atoms with Crippen LogP contribution in [0.4, 0.5) is 0 Å². The molecule has 1 aromatic carbocycles. The van der Waals surface area contributed by atoms with Crippen LogP contribution in [0.5, 0.6) is 5.75 Å². The fraction of sp³-hybridized carbons (Fsp3) is 0.667. The van der Waals surface area contributed by atoms with Gasteiger partial charge < -0.3 is 10.5 Å². The summed E-state index contributed by atoms with van der Waals surface area (Å²) in [5, 5.41) is 0. The summed E-state index contributed by atoms with van der Waals surface area (Å²) in [6.07, 6.45) is 11.4. The van der Waals surface area contributed by atoms with Crippen molar-refractivity contribution >= 4 is 15.9 Å². The van der Waals surface area contributed by atoms with Crippen molar-refractivity contribution in [3.8, 4) is 5.75 Å². The summed E-state index contributed by atoms with van der Waals surface area (Å²) in [5.74, 6) is 1.15. The highest BCUT2D eigenvalue weighted by Gasteiger charge is 2.31. The molecule has 0 spiro atoms. The Balaban J connectivity index is 1.86. The molecular formula is C18H26BrNO. The number of halogens is 1. The lowest BCUT2D eigenvalue weighted by molar-refractivity contribution is 0.214. The monoisotopic (exact) mass is 351 g/mol. The molecular weight excluding hydrogens is 326 g/mol. The smallest absolute Gasteiger partial charge is 0.125 e. The van der Waals surface area contributed by atoms with Gasteiger partial charge in [-0.05, 0) is 54.5 Å². The van der Waals surface area contributed by atoms with Crippen molar-refractivity contribution in [1.82, 2.24) is 0 Å². The van der Waals surface area contributed by atoms with Gasteiger partial charge in [0, 0.05) is 10.9 Å². The van der Waals surface area contributed by atoms with Crippen molar-refractivity contribution < 1.29 is 4.74 Å². The number of hydrogen-bond acceptors (Lipinski definition) is 2. The molecule has 0 atom stereocenters. The maximum atomic E-state index is 6.24. The van der Waals surface area contributed by atoms with Gasteiger partial charge in [0.2, 0.25) is 0 Å². The molecule has 1 heterocycles. The first-order chi connectivity index (χ1) is 10.2. The van der Waals surface area contributed by atoms with Gasteiger partial charge in [0.05, 0.1) is 6.61 Å². The largest absolute Gasteiger partial charge is 0.493 e. The molecule has 3 rings (SSSR count). The standard InChI is InChI=1S/C18H26BrNO/c19-16-10-14-6-9-21-17(14)15(11-16)12-18(13-20)7-4-2-1-3-5-8-18/h10-11H,1-9,12-13,20H2. The van der Waals surface area contributed by atoms with Crippen LogP contribution in [-0.2, 0) is 12.8 Å². The topological polar surface area (TPSA) is 35.2 Å². The van der Waals surface area contributed by atoms with E-state index in [1.807, 2.05) is 0 Å². The van der Waals surface area contributed by atoms with E-state index in [2.05, 4.69) is 28.1 Å². The molecule has 1 fully saturated rings. The number of ether oxygens (including phenoxy) is 1. The molecule has 2 nitrogen and oxygen atoms in total. The zero-order valence-corrected chi connectivity index (χ0v) is 14.4. The van der Waals surface area contributed by atoms with Crippen LogP contribution in [0.15, 0.2) is 16.6 Å². The number of benzene rings is 1. The van der Waals surface area contributed by atoms with Gasteiger partial charge in [0.1, 0.15) is 5.75 Å². The summed E-state index contributed by atoms with van der Waals surface area (Å²) in [5.41, 5.74) is 9.24. The third-order valence-corrected chi connectivity index (χ3v) is 5.70. The molecule has 1 aliphatic heterocycles. The van der Waals surface area contributed by atoms with E-state index in [-0.39, 0.29) is 5.41 Å². The second kappa shape index (κ2) is 6.70. The molecule has 0 bridgehead atoms. The van der Waals surface area contributed by atoms with Gasteiger partial charge in [0.15, 0.2) is 0 Å². The number of rotatable bonds is 3. The third kappa shape index (κ3) is 3.45. The Morgan fingerprint density at radius 3 is 2.52 bits per heavy atom. The van der Waals surface area contributed by atoms with Crippen LogP contribution in [-0.4, -0.2) is 13.2 Å². The normalized spacial score (nSPS) is 21.2. The highest BCUT2D eigenvalue weighted by molar-refractivity contribution is 9.10. The van der Waals surface area contributed by atoms with Crippen molar-refractivity contribution in [2.75, 3.05) is 13.2 Å². The van der Waals surface area contributed by atoms with E-state index in [4.69, 9.17) is 10.5 Å². The quantitative estimate of drug-likeness (QED) is 0.862. The van der Waals surface area contributed by atoms with E-state index in [0.29, 0.717) is 0 Å². The maximum absolute atomic E-state index is 6.24. The average molecular weight is 352 g/mol. The van der Waals surface area contributed by atoms with Gasteiger partial charge in [-0.15, -0.1) is 0 Å². The molecule has 0 amide bonds. The minimum Gasteiger partial charge on any atom is -0.493 e. The highest BCUT2D eigenvalue weighted by Crippen LogP contribution is 2.41. The predicted molar refractivity (Wildman–Crippen MR) is 90.9 cm³/mol. The molecule has 116 valence electrons.